The third-order valence-corrected chi connectivity index (χ3v) is 3.76. The Labute approximate surface area is 145 Å². The highest BCUT2D eigenvalue weighted by Gasteiger charge is 2.03. The number of rotatable bonds is 5. The fourth-order valence-electron chi connectivity index (χ4n) is 2.44. The normalized spacial score (nSPS) is 11.0. The molecule has 2 aromatic carbocycles. The van der Waals surface area contributed by atoms with E-state index in [-0.39, 0.29) is 18.1 Å². The maximum Gasteiger partial charge on any atom is 0.244 e. The summed E-state index contributed by atoms with van der Waals surface area (Å²) in [6.45, 7) is 2.04. The SMILES string of the molecule is Cc1ccc(-n2cccc2/C=N/NC(=O)Cc2ccc(F)cc2)cc1. The second-order valence-corrected chi connectivity index (χ2v) is 5.74. The van der Waals surface area contributed by atoms with Gasteiger partial charge in [0.15, 0.2) is 0 Å². The van der Waals surface area contributed by atoms with Gasteiger partial charge in [0.2, 0.25) is 5.91 Å². The molecule has 0 aliphatic heterocycles. The van der Waals surface area contributed by atoms with Crippen molar-refractivity contribution in [2.24, 2.45) is 5.10 Å². The van der Waals surface area contributed by atoms with Crippen LogP contribution in [0.5, 0.6) is 0 Å². The number of benzene rings is 2. The number of hydrogen-bond donors (Lipinski definition) is 1. The molecule has 1 amide bonds. The second kappa shape index (κ2) is 7.57. The molecule has 5 heteroatoms. The van der Waals surface area contributed by atoms with E-state index in [1.54, 1.807) is 18.3 Å². The zero-order valence-corrected chi connectivity index (χ0v) is 13.8. The summed E-state index contributed by atoms with van der Waals surface area (Å²) in [5.74, 6) is -0.574. The topological polar surface area (TPSA) is 46.4 Å². The molecule has 0 spiro atoms. The van der Waals surface area contributed by atoms with Gasteiger partial charge in [0.05, 0.1) is 18.3 Å². The Balaban J connectivity index is 1.63. The number of carbonyl (C=O) groups is 1. The van der Waals surface area contributed by atoms with Gasteiger partial charge in [-0.1, -0.05) is 29.8 Å². The monoisotopic (exact) mass is 335 g/mol. The molecule has 126 valence electrons. The van der Waals surface area contributed by atoms with Crippen molar-refractivity contribution in [2.75, 3.05) is 0 Å². The summed E-state index contributed by atoms with van der Waals surface area (Å²) in [5.41, 5.74) is 6.30. The zero-order chi connectivity index (χ0) is 17.6. The lowest BCUT2D eigenvalue weighted by Gasteiger charge is -2.06. The molecule has 1 heterocycles. The van der Waals surface area contributed by atoms with Crippen LogP contribution in [0.4, 0.5) is 4.39 Å². The number of aryl methyl sites for hydroxylation is 1. The summed E-state index contributed by atoms with van der Waals surface area (Å²) < 4.78 is 14.8. The molecule has 0 saturated heterocycles. The molecule has 0 fully saturated rings. The minimum atomic E-state index is -0.320. The van der Waals surface area contributed by atoms with E-state index >= 15 is 0 Å². The van der Waals surface area contributed by atoms with Crippen LogP contribution in [-0.4, -0.2) is 16.7 Å². The molecule has 0 aliphatic rings. The molecule has 0 radical (unpaired) electrons. The van der Waals surface area contributed by atoms with Crippen LogP contribution in [0.1, 0.15) is 16.8 Å². The number of nitrogens with one attached hydrogen (secondary N) is 1. The molecule has 3 aromatic rings. The van der Waals surface area contributed by atoms with Crippen molar-refractivity contribution in [3.8, 4) is 5.69 Å². The van der Waals surface area contributed by atoms with Gasteiger partial charge >= 0.3 is 0 Å². The van der Waals surface area contributed by atoms with Gasteiger partial charge in [-0.2, -0.15) is 5.10 Å². The Morgan fingerprint density at radius 1 is 1.12 bits per heavy atom. The Morgan fingerprint density at radius 2 is 1.84 bits per heavy atom. The molecule has 0 atom stereocenters. The highest BCUT2D eigenvalue weighted by molar-refractivity contribution is 5.82. The van der Waals surface area contributed by atoms with Crippen LogP contribution in [0.15, 0.2) is 72.0 Å². The lowest BCUT2D eigenvalue weighted by atomic mass is 10.1. The van der Waals surface area contributed by atoms with E-state index in [2.05, 4.69) is 10.5 Å². The van der Waals surface area contributed by atoms with Crippen LogP contribution >= 0.6 is 0 Å². The summed E-state index contributed by atoms with van der Waals surface area (Å²) in [4.78, 5) is 11.9. The van der Waals surface area contributed by atoms with Gasteiger partial charge in [-0.15, -0.1) is 0 Å². The first-order valence-electron chi connectivity index (χ1n) is 7.92. The molecule has 0 saturated carbocycles. The second-order valence-electron chi connectivity index (χ2n) is 5.74. The van der Waals surface area contributed by atoms with Crippen molar-refractivity contribution < 1.29 is 9.18 Å². The van der Waals surface area contributed by atoms with Crippen molar-refractivity contribution in [2.45, 2.75) is 13.3 Å². The molecule has 0 bridgehead atoms. The van der Waals surface area contributed by atoms with Crippen LogP contribution in [0.2, 0.25) is 0 Å². The quantitative estimate of drug-likeness (QED) is 0.562. The molecule has 3 rings (SSSR count). The molecule has 0 unspecified atom stereocenters. The minimum absolute atomic E-state index is 0.149. The lowest BCUT2D eigenvalue weighted by molar-refractivity contribution is -0.120. The number of amides is 1. The number of hydrazone groups is 1. The molecule has 1 aromatic heterocycles. The minimum Gasteiger partial charge on any atom is -0.316 e. The van der Waals surface area contributed by atoms with E-state index < -0.39 is 0 Å². The molecule has 25 heavy (non-hydrogen) atoms. The Bertz CT molecular complexity index is 880. The third-order valence-electron chi connectivity index (χ3n) is 3.76. The fraction of sp³-hybridized carbons (Fsp3) is 0.100. The smallest absolute Gasteiger partial charge is 0.244 e. The van der Waals surface area contributed by atoms with Gasteiger partial charge in [0.25, 0.3) is 0 Å². The lowest BCUT2D eigenvalue weighted by Crippen LogP contribution is -2.20. The van der Waals surface area contributed by atoms with Gasteiger partial charge in [-0.25, -0.2) is 9.82 Å². The van der Waals surface area contributed by atoms with Crippen LogP contribution in [0.25, 0.3) is 5.69 Å². The van der Waals surface area contributed by atoms with Crippen LogP contribution in [0.3, 0.4) is 0 Å². The van der Waals surface area contributed by atoms with Crippen molar-refractivity contribution in [3.05, 3.63) is 89.5 Å². The first-order valence-corrected chi connectivity index (χ1v) is 7.92. The Hall–Kier alpha value is -3.21. The van der Waals surface area contributed by atoms with Crippen LogP contribution in [-0.2, 0) is 11.2 Å². The standard InChI is InChI=1S/C20H18FN3O/c1-15-4-10-18(11-5-15)24-12-2-3-19(24)14-22-23-20(25)13-16-6-8-17(21)9-7-16/h2-12,14H,13H2,1H3,(H,23,25)/b22-14+. The van der Waals surface area contributed by atoms with Gasteiger partial charge in [-0.05, 0) is 48.9 Å². The van der Waals surface area contributed by atoms with E-state index in [0.717, 1.165) is 16.9 Å². The van der Waals surface area contributed by atoms with Crippen LogP contribution in [0, 0.1) is 12.7 Å². The van der Waals surface area contributed by atoms with E-state index in [4.69, 9.17) is 0 Å². The average Bonchev–Trinajstić information content (AvgIpc) is 3.06. The van der Waals surface area contributed by atoms with Crippen molar-refractivity contribution in [1.82, 2.24) is 9.99 Å². The predicted octanol–water partition coefficient (Wildman–Crippen LogP) is 3.62. The van der Waals surface area contributed by atoms with E-state index in [0.29, 0.717) is 0 Å². The summed E-state index contributed by atoms with van der Waals surface area (Å²) in [5, 5.41) is 4.01. The maximum atomic E-state index is 12.9. The average molecular weight is 335 g/mol. The van der Waals surface area contributed by atoms with E-state index in [1.807, 2.05) is 54.1 Å². The number of aromatic nitrogens is 1. The third kappa shape index (κ3) is 4.41. The van der Waals surface area contributed by atoms with Gasteiger partial charge < -0.3 is 4.57 Å². The van der Waals surface area contributed by atoms with E-state index in [9.17, 15) is 9.18 Å². The summed E-state index contributed by atoms with van der Waals surface area (Å²) in [6.07, 6.45) is 3.69. The summed E-state index contributed by atoms with van der Waals surface area (Å²) in [7, 11) is 0. The number of halogens is 1. The summed E-state index contributed by atoms with van der Waals surface area (Å²) >= 11 is 0. The van der Waals surface area contributed by atoms with Crippen molar-refractivity contribution in [3.63, 3.8) is 0 Å². The van der Waals surface area contributed by atoms with Crippen molar-refractivity contribution >= 4 is 12.1 Å². The largest absolute Gasteiger partial charge is 0.316 e. The van der Waals surface area contributed by atoms with Gasteiger partial charge in [-0.3, -0.25) is 4.79 Å². The number of hydrogen-bond acceptors (Lipinski definition) is 2. The number of carbonyl (C=O) groups excluding carboxylic acids is 1. The highest BCUT2D eigenvalue weighted by atomic mass is 19.1. The Kier molecular flexibility index (Phi) is 5.04. The summed E-state index contributed by atoms with van der Waals surface area (Å²) in [6, 6.07) is 17.8. The molecular weight excluding hydrogens is 317 g/mol. The van der Waals surface area contributed by atoms with E-state index in [1.165, 1.54) is 17.7 Å². The number of nitrogens with zero attached hydrogens (tertiary/aromatic N) is 2. The highest BCUT2D eigenvalue weighted by Crippen LogP contribution is 2.12. The molecule has 1 N–H and O–H groups in total. The van der Waals surface area contributed by atoms with Gasteiger partial charge in [0.1, 0.15) is 5.82 Å². The molecule has 0 aliphatic carbocycles. The van der Waals surface area contributed by atoms with Gasteiger partial charge in [0, 0.05) is 11.9 Å². The predicted molar refractivity (Wildman–Crippen MR) is 96.3 cm³/mol. The first kappa shape index (κ1) is 16.6. The fourth-order valence-corrected chi connectivity index (χ4v) is 2.44. The molecule has 4 nitrogen and oxygen atoms in total. The van der Waals surface area contributed by atoms with Crippen LogP contribution < -0.4 is 5.43 Å². The Morgan fingerprint density at radius 3 is 2.56 bits per heavy atom. The molecular formula is C20H18FN3O. The first-order chi connectivity index (χ1) is 12.1. The zero-order valence-electron chi connectivity index (χ0n) is 13.8. The van der Waals surface area contributed by atoms with Crippen molar-refractivity contribution in [1.29, 1.82) is 0 Å². The maximum absolute atomic E-state index is 12.9.